The van der Waals surface area contributed by atoms with Gasteiger partial charge >= 0.3 is 0 Å². The molecular weight excluding hydrogens is 322 g/mol. The molecule has 1 aliphatic carbocycles. The largest absolute Gasteiger partial charge is 0.384 e. The molecule has 0 spiro atoms. The number of H-pyrrole nitrogens is 1. The van der Waals surface area contributed by atoms with Gasteiger partial charge in [-0.25, -0.2) is 9.98 Å². The maximum atomic E-state index is 5.80. The smallest absolute Gasteiger partial charge is 0.140 e. The molecule has 0 radical (unpaired) electrons. The minimum atomic E-state index is 0.303. The lowest BCUT2D eigenvalue weighted by molar-refractivity contribution is 0.699. The van der Waals surface area contributed by atoms with E-state index in [1.807, 2.05) is 24.5 Å². The molecule has 1 saturated carbocycles. The third-order valence-corrected chi connectivity index (χ3v) is 5.05. The molecule has 2 aromatic heterocycles. The van der Waals surface area contributed by atoms with Crippen LogP contribution >= 0.6 is 0 Å². The molecule has 0 aliphatic heterocycles. The Balaban J connectivity index is 2.03. The van der Waals surface area contributed by atoms with E-state index in [0.29, 0.717) is 17.8 Å². The van der Waals surface area contributed by atoms with Crippen LogP contribution in [0.2, 0.25) is 0 Å². The molecule has 4 N–H and O–H groups in total. The highest BCUT2D eigenvalue weighted by molar-refractivity contribution is 6.18. The van der Waals surface area contributed by atoms with Crippen molar-refractivity contribution in [2.75, 3.05) is 5.32 Å². The fourth-order valence-electron chi connectivity index (χ4n) is 3.40. The summed E-state index contributed by atoms with van der Waals surface area (Å²) in [6.07, 6.45) is 14.1. The number of nitrogens with two attached hydrogens (primary N) is 1. The lowest BCUT2D eigenvalue weighted by Gasteiger charge is -2.15. The van der Waals surface area contributed by atoms with Crippen LogP contribution < -0.4 is 11.1 Å². The standard InChI is InChI=1S/C21H29N5/c1-4-14(2)9-10-18(25-15(3)22)17-13-24-21-20(17)19(11-12-23-21)26-16-7-5-6-8-16/h9-14,16H,3-8,22H2,1-2H3,(H2,23,24,26)/b10-9-,25-18+. The van der Waals surface area contributed by atoms with Crippen molar-refractivity contribution >= 4 is 22.4 Å². The van der Waals surface area contributed by atoms with E-state index in [9.17, 15) is 0 Å². The topological polar surface area (TPSA) is 79.1 Å². The van der Waals surface area contributed by atoms with E-state index in [2.05, 4.69) is 46.8 Å². The van der Waals surface area contributed by atoms with Crippen LogP contribution in [-0.4, -0.2) is 21.7 Å². The summed E-state index contributed by atoms with van der Waals surface area (Å²) in [5.74, 6) is 0.781. The molecule has 0 amide bonds. The van der Waals surface area contributed by atoms with Gasteiger partial charge in [-0.05, 0) is 30.9 Å². The Morgan fingerprint density at radius 2 is 2.27 bits per heavy atom. The van der Waals surface area contributed by atoms with Gasteiger partial charge in [0.25, 0.3) is 0 Å². The fourth-order valence-corrected chi connectivity index (χ4v) is 3.40. The zero-order valence-electron chi connectivity index (χ0n) is 15.8. The third kappa shape index (κ3) is 4.15. The maximum Gasteiger partial charge on any atom is 0.140 e. The first-order valence-electron chi connectivity index (χ1n) is 9.52. The first-order chi connectivity index (χ1) is 12.6. The average molecular weight is 351 g/mol. The summed E-state index contributed by atoms with van der Waals surface area (Å²) in [6.45, 7) is 8.12. The number of aromatic amines is 1. The van der Waals surface area contributed by atoms with Crippen LogP contribution in [-0.2, 0) is 0 Å². The molecule has 2 aromatic rings. The number of fused-ring (bicyclic) bond motifs is 1. The van der Waals surface area contributed by atoms with E-state index in [4.69, 9.17) is 5.73 Å². The van der Waals surface area contributed by atoms with E-state index < -0.39 is 0 Å². The second-order valence-electron chi connectivity index (χ2n) is 7.14. The minimum absolute atomic E-state index is 0.303. The molecule has 5 nitrogen and oxygen atoms in total. The van der Waals surface area contributed by atoms with Crippen molar-refractivity contribution in [2.24, 2.45) is 16.6 Å². The van der Waals surface area contributed by atoms with Crippen molar-refractivity contribution in [1.82, 2.24) is 9.97 Å². The molecular formula is C21H29N5. The van der Waals surface area contributed by atoms with E-state index in [-0.39, 0.29) is 0 Å². The number of nitrogens with zero attached hydrogens (tertiary/aromatic N) is 2. The molecule has 0 aromatic carbocycles. The Labute approximate surface area is 155 Å². The Kier molecular flexibility index (Phi) is 5.76. The van der Waals surface area contributed by atoms with Gasteiger partial charge < -0.3 is 16.0 Å². The number of hydrogen-bond acceptors (Lipinski definition) is 4. The van der Waals surface area contributed by atoms with Crippen LogP contribution in [0.5, 0.6) is 0 Å². The molecule has 5 heteroatoms. The van der Waals surface area contributed by atoms with E-state index in [1.165, 1.54) is 25.7 Å². The zero-order valence-corrected chi connectivity index (χ0v) is 15.8. The lowest BCUT2D eigenvalue weighted by atomic mass is 10.0. The van der Waals surface area contributed by atoms with Crippen LogP contribution in [0.1, 0.15) is 51.5 Å². The highest BCUT2D eigenvalue weighted by Crippen LogP contribution is 2.30. The summed E-state index contributed by atoms with van der Waals surface area (Å²) in [5.41, 5.74) is 9.57. The van der Waals surface area contributed by atoms with Gasteiger partial charge in [-0.3, -0.25) is 0 Å². The number of rotatable bonds is 7. The number of nitrogens with one attached hydrogen (secondary N) is 2. The second kappa shape index (κ2) is 8.21. The molecule has 0 bridgehead atoms. The van der Waals surface area contributed by atoms with Gasteiger partial charge in [0.05, 0.1) is 11.1 Å². The van der Waals surface area contributed by atoms with Crippen molar-refractivity contribution in [3.8, 4) is 0 Å². The number of aromatic nitrogens is 2. The molecule has 0 saturated heterocycles. The number of aliphatic imine (C=N–C) groups is 1. The Bertz CT molecular complexity index is 824. The van der Waals surface area contributed by atoms with Crippen LogP contribution in [0.4, 0.5) is 5.69 Å². The summed E-state index contributed by atoms with van der Waals surface area (Å²) >= 11 is 0. The molecule has 3 rings (SSSR count). The van der Waals surface area contributed by atoms with E-state index >= 15 is 0 Å². The number of allylic oxidation sites excluding steroid dienone is 2. The Morgan fingerprint density at radius 1 is 1.50 bits per heavy atom. The second-order valence-corrected chi connectivity index (χ2v) is 7.14. The maximum absolute atomic E-state index is 5.80. The van der Waals surface area contributed by atoms with Gasteiger partial charge in [0.1, 0.15) is 11.5 Å². The number of hydrogen-bond donors (Lipinski definition) is 3. The lowest BCUT2D eigenvalue weighted by Crippen LogP contribution is -2.15. The third-order valence-electron chi connectivity index (χ3n) is 5.05. The molecule has 1 atom stereocenters. The number of anilines is 1. The highest BCUT2D eigenvalue weighted by Gasteiger charge is 2.18. The molecule has 1 unspecified atom stereocenters. The summed E-state index contributed by atoms with van der Waals surface area (Å²) < 4.78 is 0. The van der Waals surface area contributed by atoms with Crippen molar-refractivity contribution in [1.29, 1.82) is 0 Å². The molecule has 2 heterocycles. The Morgan fingerprint density at radius 3 is 2.96 bits per heavy atom. The number of pyridine rings is 1. The summed E-state index contributed by atoms with van der Waals surface area (Å²) in [7, 11) is 0. The normalized spacial score (nSPS) is 17.2. The summed E-state index contributed by atoms with van der Waals surface area (Å²) in [4.78, 5) is 12.2. The van der Waals surface area contributed by atoms with Crippen LogP contribution in [0.25, 0.3) is 11.0 Å². The van der Waals surface area contributed by atoms with Crippen molar-refractivity contribution < 1.29 is 0 Å². The van der Waals surface area contributed by atoms with Crippen molar-refractivity contribution in [2.45, 2.75) is 52.0 Å². The Hall–Kier alpha value is -2.56. The first kappa shape index (κ1) is 18.2. The van der Waals surface area contributed by atoms with Gasteiger partial charge in [0.2, 0.25) is 0 Å². The highest BCUT2D eigenvalue weighted by atomic mass is 15.0. The molecule has 26 heavy (non-hydrogen) atoms. The summed E-state index contributed by atoms with van der Waals surface area (Å²) in [6, 6.07) is 2.58. The van der Waals surface area contributed by atoms with Crippen molar-refractivity contribution in [3.05, 3.63) is 48.6 Å². The minimum Gasteiger partial charge on any atom is -0.384 e. The van der Waals surface area contributed by atoms with Gasteiger partial charge in [0, 0.05) is 29.7 Å². The average Bonchev–Trinajstić information content (AvgIpc) is 3.28. The first-order valence-corrected chi connectivity index (χ1v) is 9.52. The fraction of sp³-hybridized carbons (Fsp3) is 0.429. The van der Waals surface area contributed by atoms with E-state index in [1.54, 1.807) is 0 Å². The van der Waals surface area contributed by atoms with Gasteiger partial charge in [0.15, 0.2) is 0 Å². The summed E-state index contributed by atoms with van der Waals surface area (Å²) in [5, 5.41) is 4.76. The van der Waals surface area contributed by atoms with Crippen molar-refractivity contribution in [3.63, 3.8) is 0 Å². The zero-order chi connectivity index (χ0) is 18.5. The van der Waals surface area contributed by atoms with Gasteiger partial charge in [-0.2, -0.15) is 0 Å². The molecule has 1 fully saturated rings. The predicted molar refractivity (Wildman–Crippen MR) is 110 cm³/mol. The van der Waals surface area contributed by atoms with Crippen LogP contribution in [0, 0.1) is 5.92 Å². The monoisotopic (exact) mass is 351 g/mol. The molecule has 138 valence electrons. The van der Waals surface area contributed by atoms with Crippen LogP contribution in [0.3, 0.4) is 0 Å². The SMILES string of the molecule is C=C(N)/N=C(\C=C/C(C)CC)c1c[nH]c2nccc(NC3CCCC3)c12. The predicted octanol–water partition coefficient (Wildman–Crippen LogP) is 4.74. The quantitative estimate of drug-likeness (QED) is 0.630. The van der Waals surface area contributed by atoms with Gasteiger partial charge in [-0.15, -0.1) is 0 Å². The van der Waals surface area contributed by atoms with Crippen LogP contribution in [0.15, 0.2) is 48.0 Å². The van der Waals surface area contributed by atoms with Gasteiger partial charge in [-0.1, -0.05) is 45.8 Å². The molecule has 1 aliphatic rings. The van der Waals surface area contributed by atoms with E-state index in [0.717, 1.165) is 34.4 Å².